The maximum atomic E-state index is 11.5. The van der Waals surface area contributed by atoms with Gasteiger partial charge in [-0.2, -0.15) is 0 Å². The maximum absolute atomic E-state index is 11.5. The van der Waals surface area contributed by atoms with Crippen LogP contribution in [0.2, 0.25) is 0 Å². The zero-order chi connectivity index (χ0) is 13.7. The molecule has 0 unspecified atom stereocenters. The first-order valence-electron chi connectivity index (χ1n) is 6.93. The summed E-state index contributed by atoms with van der Waals surface area (Å²) in [6, 6.07) is 4.24. The van der Waals surface area contributed by atoms with Crippen LogP contribution in [0.25, 0.3) is 0 Å². The molecule has 0 saturated heterocycles. The molecule has 1 saturated carbocycles. The largest absolute Gasteiger partial charge is 0.381 e. The average Bonchev–Trinajstić information content (AvgIpc) is 2.83. The molecule has 1 aromatic heterocycles. The Morgan fingerprint density at radius 3 is 2.63 bits per heavy atom. The number of aromatic nitrogens is 1. The van der Waals surface area contributed by atoms with Crippen molar-refractivity contribution in [3.05, 3.63) is 18.3 Å². The molecule has 1 aliphatic carbocycles. The third-order valence-corrected chi connectivity index (χ3v) is 3.15. The van der Waals surface area contributed by atoms with Gasteiger partial charge in [0, 0.05) is 12.1 Å². The molecule has 0 spiro atoms. The summed E-state index contributed by atoms with van der Waals surface area (Å²) >= 11 is 0. The Morgan fingerprint density at radius 1 is 1.32 bits per heavy atom. The zero-order valence-corrected chi connectivity index (χ0v) is 11.6. The van der Waals surface area contributed by atoms with Gasteiger partial charge in [0.25, 0.3) is 0 Å². The van der Waals surface area contributed by atoms with Gasteiger partial charge in [-0.25, -0.2) is 9.78 Å². The zero-order valence-electron chi connectivity index (χ0n) is 11.6. The molecule has 0 aromatic carbocycles. The van der Waals surface area contributed by atoms with Gasteiger partial charge in [0.1, 0.15) is 5.82 Å². The minimum Gasteiger partial charge on any atom is -0.381 e. The fraction of sp³-hybridized carbons (Fsp3) is 0.571. The molecule has 5 nitrogen and oxygen atoms in total. The Labute approximate surface area is 114 Å². The maximum Gasteiger partial charge on any atom is 0.320 e. The second-order valence-electron chi connectivity index (χ2n) is 5.31. The fourth-order valence-corrected chi connectivity index (χ4v) is 2.27. The quantitative estimate of drug-likeness (QED) is 0.781. The first-order valence-corrected chi connectivity index (χ1v) is 6.93. The molecule has 104 valence electrons. The molecule has 0 bridgehead atoms. The minimum absolute atomic E-state index is 0.114. The van der Waals surface area contributed by atoms with Crippen molar-refractivity contribution in [1.82, 2.24) is 10.3 Å². The van der Waals surface area contributed by atoms with Crippen molar-refractivity contribution < 1.29 is 4.79 Å². The predicted octanol–water partition coefficient (Wildman–Crippen LogP) is 2.97. The van der Waals surface area contributed by atoms with Crippen molar-refractivity contribution in [2.24, 2.45) is 0 Å². The van der Waals surface area contributed by atoms with Crippen LogP contribution in [0.15, 0.2) is 18.3 Å². The van der Waals surface area contributed by atoms with Crippen molar-refractivity contribution in [3.8, 4) is 0 Å². The molecule has 2 amide bonds. The highest BCUT2D eigenvalue weighted by Crippen LogP contribution is 2.22. The Morgan fingerprint density at radius 2 is 2.05 bits per heavy atom. The number of carbonyl (C=O) groups is 1. The molecule has 5 heteroatoms. The highest BCUT2D eigenvalue weighted by Gasteiger charge is 2.14. The first-order chi connectivity index (χ1) is 9.13. The number of carbonyl (C=O) groups excluding carboxylic acids is 1. The van der Waals surface area contributed by atoms with E-state index in [0.29, 0.717) is 11.9 Å². The van der Waals surface area contributed by atoms with E-state index >= 15 is 0 Å². The van der Waals surface area contributed by atoms with Crippen molar-refractivity contribution in [2.45, 2.75) is 51.6 Å². The molecule has 0 aliphatic heterocycles. The standard InChI is InChI=1S/C14H22N4O/c1-10(2)16-14(19)18-13-8-7-12(9-15-13)17-11-5-3-4-6-11/h7-11,17H,3-6H2,1-2H3,(H2,15,16,18,19). The number of anilines is 2. The average molecular weight is 262 g/mol. The fourth-order valence-electron chi connectivity index (χ4n) is 2.27. The molecular weight excluding hydrogens is 240 g/mol. The van der Waals surface area contributed by atoms with Crippen LogP contribution in [0.5, 0.6) is 0 Å². The van der Waals surface area contributed by atoms with Gasteiger partial charge in [0.15, 0.2) is 0 Å². The van der Waals surface area contributed by atoms with E-state index in [4.69, 9.17) is 0 Å². The number of nitrogens with zero attached hydrogens (tertiary/aromatic N) is 1. The molecule has 2 rings (SSSR count). The number of hydrogen-bond acceptors (Lipinski definition) is 3. The van der Waals surface area contributed by atoms with Crippen LogP contribution in [0.3, 0.4) is 0 Å². The van der Waals surface area contributed by atoms with Gasteiger partial charge in [-0.1, -0.05) is 12.8 Å². The minimum atomic E-state index is -0.223. The lowest BCUT2D eigenvalue weighted by molar-refractivity contribution is 0.250. The monoisotopic (exact) mass is 262 g/mol. The van der Waals surface area contributed by atoms with E-state index in [0.717, 1.165) is 5.69 Å². The van der Waals surface area contributed by atoms with E-state index in [2.05, 4.69) is 20.9 Å². The van der Waals surface area contributed by atoms with E-state index < -0.39 is 0 Å². The van der Waals surface area contributed by atoms with E-state index in [1.807, 2.05) is 26.0 Å². The Balaban J connectivity index is 1.85. The van der Waals surface area contributed by atoms with Gasteiger partial charge < -0.3 is 10.6 Å². The van der Waals surface area contributed by atoms with Crippen LogP contribution < -0.4 is 16.0 Å². The van der Waals surface area contributed by atoms with Crippen LogP contribution in [0.1, 0.15) is 39.5 Å². The summed E-state index contributed by atoms with van der Waals surface area (Å²) in [4.78, 5) is 15.7. The summed E-state index contributed by atoms with van der Waals surface area (Å²) in [5, 5.41) is 8.93. The van der Waals surface area contributed by atoms with Gasteiger partial charge in [0.2, 0.25) is 0 Å². The summed E-state index contributed by atoms with van der Waals surface area (Å²) in [5.41, 5.74) is 1.02. The lowest BCUT2D eigenvalue weighted by Gasteiger charge is -2.14. The predicted molar refractivity (Wildman–Crippen MR) is 77.4 cm³/mol. The van der Waals surface area contributed by atoms with Crippen molar-refractivity contribution >= 4 is 17.5 Å². The van der Waals surface area contributed by atoms with E-state index in [9.17, 15) is 4.79 Å². The number of nitrogens with one attached hydrogen (secondary N) is 3. The van der Waals surface area contributed by atoms with Crippen LogP contribution in [0, 0.1) is 0 Å². The number of hydrogen-bond donors (Lipinski definition) is 3. The van der Waals surface area contributed by atoms with E-state index in [1.165, 1.54) is 25.7 Å². The molecule has 1 aromatic rings. The summed E-state index contributed by atoms with van der Waals surface area (Å²) in [6.07, 6.45) is 6.84. The highest BCUT2D eigenvalue weighted by atomic mass is 16.2. The van der Waals surface area contributed by atoms with Gasteiger partial charge in [-0.3, -0.25) is 5.32 Å². The third-order valence-electron chi connectivity index (χ3n) is 3.15. The Bertz CT molecular complexity index is 410. The molecule has 0 radical (unpaired) electrons. The van der Waals surface area contributed by atoms with E-state index in [1.54, 1.807) is 6.20 Å². The summed E-state index contributed by atoms with van der Waals surface area (Å²) in [7, 11) is 0. The van der Waals surface area contributed by atoms with E-state index in [-0.39, 0.29) is 12.1 Å². The second kappa shape index (κ2) is 6.41. The molecule has 3 N–H and O–H groups in total. The van der Waals surface area contributed by atoms with Crippen molar-refractivity contribution in [1.29, 1.82) is 0 Å². The van der Waals surface area contributed by atoms with Crippen LogP contribution in [-0.4, -0.2) is 23.1 Å². The van der Waals surface area contributed by atoms with Gasteiger partial charge in [-0.05, 0) is 38.8 Å². The van der Waals surface area contributed by atoms with Crippen molar-refractivity contribution in [3.63, 3.8) is 0 Å². The van der Waals surface area contributed by atoms with Crippen LogP contribution in [-0.2, 0) is 0 Å². The number of urea groups is 1. The lowest BCUT2D eigenvalue weighted by atomic mass is 10.2. The Hall–Kier alpha value is -1.78. The van der Waals surface area contributed by atoms with Crippen LogP contribution in [0.4, 0.5) is 16.3 Å². The highest BCUT2D eigenvalue weighted by molar-refractivity contribution is 5.88. The van der Waals surface area contributed by atoms with Gasteiger partial charge in [0.05, 0.1) is 11.9 Å². The second-order valence-corrected chi connectivity index (χ2v) is 5.31. The topological polar surface area (TPSA) is 66.1 Å². The molecule has 1 heterocycles. The smallest absolute Gasteiger partial charge is 0.320 e. The lowest BCUT2D eigenvalue weighted by Crippen LogP contribution is -2.34. The molecular formula is C14H22N4O. The molecule has 19 heavy (non-hydrogen) atoms. The number of amides is 2. The molecule has 1 aliphatic rings. The summed E-state index contributed by atoms with van der Waals surface area (Å²) in [6.45, 7) is 3.84. The van der Waals surface area contributed by atoms with Gasteiger partial charge in [-0.15, -0.1) is 0 Å². The third kappa shape index (κ3) is 4.43. The van der Waals surface area contributed by atoms with Gasteiger partial charge >= 0.3 is 6.03 Å². The molecule has 1 fully saturated rings. The first kappa shape index (κ1) is 13.6. The number of pyridine rings is 1. The number of rotatable bonds is 4. The Kier molecular flexibility index (Phi) is 4.60. The van der Waals surface area contributed by atoms with Crippen molar-refractivity contribution in [2.75, 3.05) is 10.6 Å². The SMILES string of the molecule is CC(C)NC(=O)Nc1ccc(NC2CCCC2)cn1. The summed E-state index contributed by atoms with van der Waals surface area (Å²) < 4.78 is 0. The molecule has 0 atom stereocenters. The van der Waals surface area contributed by atoms with Crippen LogP contribution >= 0.6 is 0 Å². The summed E-state index contributed by atoms with van der Waals surface area (Å²) in [5.74, 6) is 0.565. The normalized spacial score (nSPS) is 15.5.